The van der Waals surface area contributed by atoms with Crippen molar-refractivity contribution in [2.24, 2.45) is 0 Å². The molecule has 5 N–H and O–H groups in total. The van der Waals surface area contributed by atoms with E-state index in [2.05, 4.69) is 27.3 Å². The summed E-state index contributed by atoms with van der Waals surface area (Å²) < 4.78 is 2.00. The van der Waals surface area contributed by atoms with Crippen LogP contribution in [0.3, 0.4) is 0 Å². The summed E-state index contributed by atoms with van der Waals surface area (Å²) in [7, 11) is 0. The minimum atomic E-state index is -0.300. The standard InChI is InChI=1S/C14H16N6.C8H5NO2/c1-2-5-20-12-4-3-9(6-10(12)7-18-20)11-8-17-14(16)19-13(11)15;10-7-5-3-1-2-4-6(5)8(11)9-7/h3-4,6-8H,2,5H2,1H3,(H4,15,16,17,19);1-4H,(H,9,10,11). The number of anilines is 2. The molecule has 1 aliphatic heterocycles. The normalized spacial score (nSPS) is 12.3. The smallest absolute Gasteiger partial charge is 0.258 e. The summed E-state index contributed by atoms with van der Waals surface area (Å²) >= 11 is 0. The first-order valence-electron chi connectivity index (χ1n) is 9.76. The SMILES string of the molecule is CCCn1ncc2cc(-c3cnc(N)nc3N)ccc21.O=C1NC(=O)c2ccccc21. The summed E-state index contributed by atoms with van der Waals surface area (Å²) in [5, 5.41) is 7.67. The van der Waals surface area contributed by atoms with E-state index >= 15 is 0 Å². The first kappa shape index (κ1) is 20.0. The van der Waals surface area contributed by atoms with Crippen molar-refractivity contribution in [2.45, 2.75) is 19.9 Å². The van der Waals surface area contributed by atoms with Gasteiger partial charge in [0.25, 0.3) is 11.8 Å². The number of nitrogens with zero attached hydrogens (tertiary/aromatic N) is 4. The second kappa shape index (κ2) is 8.23. The highest BCUT2D eigenvalue weighted by atomic mass is 16.2. The molecule has 0 fully saturated rings. The van der Waals surface area contributed by atoms with Gasteiger partial charge in [-0.15, -0.1) is 0 Å². The highest BCUT2D eigenvalue weighted by Crippen LogP contribution is 2.27. The van der Waals surface area contributed by atoms with E-state index < -0.39 is 0 Å². The van der Waals surface area contributed by atoms with Crippen molar-refractivity contribution in [1.82, 2.24) is 25.1 Å². The Hall–Kier alpha value is -4.27. The first-order valence-corrected chi connectivity index (χ1v) is 9.76. The zero-order chi connectivity index (χ0) is 22.0. The Labute approximate surface area is 178 Å². The van der Waals surface area contributed by atoms with Gasteiger partial charge in [-0.25, -0.2) is 4.98 Å². The lowest BCUT2D eigenvalue weighted by Crippen LogP contribution is -2.19. The van der Waals surface area contributed by atoms with Gasteiger partial charge in [0.2, 0.25) is 5.95 Å². The number of nitrogen functional groups attached to an aromatic ring is 2. The van der Waals surface area contributed by atoms with Crippen LogP contribution in [0.2, 0.25) is 0 Å². The number of carbonyl (C=O) groups excluding carboxylic acids is 2. The molecule has 5 rings (SSSR count). The van der Waals surface area contributed by atoms with Gasteiger partial charge in [-0.2, -0.15) is 10.1 Å². The molecule has 0 atom stereocenters. The van der Waals surface area contributed by atoms with E-state index in [1.54, 1.807) is 30.5 Å². The third kappa shape index (κ3) is 3.93. The van der Waals surface area contributed by atoms with Gasteiger partial charge < -0.3 is 11.5 Å². The molecule has 9 nitrogen and oxygen atoms in total. The van der Waals surface area contributed by atoms with Crippen LogP contribution in [-0.2, 0) is 6.54 Å². The molecule has 2 aromatic carbocycles. The summed E-state index contributed by atoms with van der Waals surface area (Å²) in [6.07, 6.45) is 4.56. The van der Waals surface area contributed by atoms with Crippen LogP contribution in [0.25, 0.3) is 22.0 Å². The first-order chi connectivity index (χ1) is 15.0. The number of hydrogen-bond acceptors (Lipinski definition) is 7. The molecule has 3 heterocycles. The van der Waals surface area contributed by atoms with Crippen molar-refractivity contribution in [3.8, 4) is 11.1 Å². The second-order valence-electron chi connectivity index (χ2n) is 7.00. The van der Waals surface area contributed by atoms with E-state index in [1.165, 1.54) is 0 Å². The van der Waals surface area contributed by atoms with Crippen LogP contribution >= 0.6 is 0 Å². The van der Waals surface area contributed by atoms with Crippen molar-refractivity contribution in [1.29, 1.82) is 0 Å². The van der Waals surface area contributed by atoms with Crippen LogP contribution in [0, 0.1) is 0 Å². The number of aromatic nitrogens is 4. The molecule has 2 amide bonds. The number of nitrogens with one attached hydrogen (secondary N) is 1. The molecular formula is C22H21N7O2. The highest BCUT2D eigenvalue weighted by molar-refractivity contribution is 6.21. The van der Waals surface area contributed by atoms with Gasteiger partial charge in [0, 0.05) is 23.7 Å². The Balaban J connectivity index is 0.000000177. The fraction of sp³-hybridized carbons (Fsp3) is 0.136. The number of carbonyl (C=O) groups is 2. The summed E-state index contributed by atoms with van der Waals surface area (Å²) in [5.41, 5.74) is 15.2. The van der Waals surface area contributed by atoms with E-state index in [4.69, 9.17) is 11.5 Å². The third-order valence-electron chi connectivity index (χ3n) is 4.87. The molecule has 1 aliphatic rings. The number of fused-ring (bicyclic) bond motifs is 2. The second-order valence-corrected chi connectivity index (χ2v) is 7.00. The lowest BCUT2D eigenvalue weighted by atomic mass is 10.1. The molecule has 0 radical (unpaired) electrons. The number of amides is 2. The lowest BCUT2D eigenvalue weighted by molar-refractivity contribution is 0.0879. The minimum absolute atomic E-state index is 0.183. The summed E-state index contributed by atoms with van der Waals surface area (Å²) in [5.74, 6) is -0.0305. The Kier molecular flexibility index (Phi) is 5.31. The molecule has 0 saturated carbocycles. The van der Waals surface area contributed by atoms with Crippen LogP contribution in [0.15, 0.2) is 54.9 Å². The Bertz CT molecular complexity index is 1260. The van der Waals surface area contributed by atoms with E-state index in [0.29, 0.717) is 16.9 Å². The van der Waals surface area contributed by atoms with E-state index in [0.717, 1.165) is 35.0 Å². The van der Waals surface area contributed by atoms with E-state index in [9.17, 15) is 9.59 Å². The molecule has 0 spiro atoms. The van der Waals surface area contributed by atoms with Crippen molar-refractivity contribution >= 4 is 34.5 Å². The number of rotatable bonds is 3. The van der Waals surface area contributed by atoms with Crippen LogP contribution in [0.1, 0.15) is 34.1 Å². The quantitative estimate of drug-likeness (QED) is 0.437. The van der Waals surface area contributed by atoms with Gasteiger partial charge in [-0.05, 0) is 36.2 Å². The van der Waals surface area contributed by atoms with Crippen LogP contribution < -0.4 is 16.8 Å². The minimum Gasteiger partial charge on any atom is -0.383 e. The fourth-order valence-electron chi connectivity index (χ4n) is 3.39. The number of aryl methyl sites for hydroxylation is 1. The van der Waals surface area contributed by atoms with Gasteiger partial charge in [-0.3, -0.25) is 19.6 Å². The van der Waals surface area contributed by atoms with Gasteiger partial charge in [0.15, 0.2) is 0 Å². The molecule has 0 unspecified atom stereocenters. The number of nitrogens with two attached hydrogens (primary N) is 2. The van der Waals surface area contributed by atoms with Crippen molar-refractivity contribution in [3.63, 3.8) is 0 Å². The Morgan fingerprint density at radius 3 is 2.32 bits per heavy atom. The Morgan fingerprint density at radius 2 is 1.68 bits per heavy atom. The Morgan fingerprint density at radius 1 is 0.968 bits per heavy atom. The maximum atomic E-state index is 10.9. The van der Waals surface area contributed by atoms with Crippen LogP contribution in [-0.4, -0.2) is 31.6 Å². The lowest BCUT2D eigenvalue weighted by Gasteiger charge is -2.06. The van der Waals surface area contributed by atoms with Crippen molar-refractivity contribution in [2.75, 3.05) is 11.5 Å². The maximum absolute atomic E-state index is 10.9. The summed E-state index contributed by atoms with van der Waals surface area (Å²) in [4.78, 5) is 29.9. The van der Waals surface area contributed by atoms with Gasteiger partial charge >= 0.3 is 0 Å². The molecule has 9 heteroatoms. The van der Waals surface area contributed by atoms with Gasteiger partial charge in [0.1, 0.15) is 5.82 Å². The number of hydrogen-bond donors (Lipinski definition) is 3. The molecular weight excluding hydrogens is 394 g/mol. The zero-order valence-electron chi connectivity index (χ0n) is 16.9. The maximum Gasteiger partial charge on any atom is 0.258 e. The number of benzene rings is 2. The topological polar surface area (TPSA) is 142 Å². The molecule has 31 heavy (non-hydrogen) atoms. The van der Waals surface area contributed by atoms with Gasteiger partial charge in [0.05, 0.1) is 22.8 Å². The van der Waals surface area contributed by atoms with E-state index in [-0.39, 0.29) is 17.8 Å². The number of imide groups is 1. The summed E-state index contributed by atoms with van der Waals surface area (Å²) in [6.45, 7) is 3.05. The van der Waals surface area contributed by atoms with Crippen LogP contribution in [0.5, 0.6) is 0 Å². The van der Waals surface area contributed by atoms with Gasteiger partial charge in [-0.1, -0.05) is 25.1 Å². The largest absolute Gasteiger partial charge is 0.383 e. The van der Waals surface area contributed by atoms with E-state index in [1.807, 2.05) is 29.1 Å². The predicted molar refractivity (Wildman–Crippen MR) is 118 cm³/mol. The highest BCUT2D eigenvalue weighted by Gasteiger charge is 2.25. The average Bonchev–Trinajstić information content (AvgIpc) is 3.29. The molecule has 0 bridgehead atoms. The predicted octanol–water partition coefficient (Wildman–Crippen LogP) is 2.64. The molecule has 4 aromatic rings. The molecule has 2 aromatic heterocycles. The summed E-state index contributed by atoms with van der Waals surface area (Å²) in [6, 6.07) is 12.8. The zero-order valence-corrected chi connectivity index (χ0v) is 16.9. The fourth-order valence-corrected chi connectivity index (χ4v) is 3.39. The average molecular weight is 415 g/mol. The molecule has 156 valence electrons. The molecule has 0 saturated heterocycles. The third-order valence-corrected chi connectivity index (χ3v) is 4.87. The van der Waals surface area contributed by atoms with Crippen molar-refractivity contribution < 1.29 is 9.59 Å². The molecule has 0 aliphatic carbocycles. The van der Waals surface area contributed by atoms with Crippen molar-refractivity contribution in [3.05, 3.63) is 66.0 Å². The monoisotopic (exact) mass is 415 g/mol. The van der Waals surface area contributed by atoms with Crippen LogP contribution in [0.4, 0.5) is 11.8 Å².